The number of allylic oxidation sites excluding steroid dienone is 2. The number of halogens is 1. The van der Waals surface area contributed by atoms with Gasteiger partial charge in [0.1, 0.15) is 5.82 Å². The molecule has 1 aliphatic carbocycles. The Morgan fingerprint density at radius 2 is 2.06 bits per heavy atom. The molecule has 32 heavy (non-hydrogen) atoms. The van der Waals surface area contributed by atoms with Crippen LogP contribution in [0.2, 0.25) is 5.02 Å². The molecule has 8 nitrogen and oxygen atoms in total. The SMILES string of the molecule is CCOC(=O)N1CC2(CCC(N3CCN(c4ncc(Cl)cc4C(/C=C\N)=C/N)CC3)C2)C1. The van der Waals surface area contributed by atoms with Gasteiger partial charge in [-0.25, -0.2) is 9.78 Å². The minimum absolute atomic E-state index is 0.170. The molecule has 0 radical (unpaired) electrons. The average molecular weight is 461 g/mol. The second kappa shape index (κ2) is 9.58. The van der Waals surface area contributed by atoms with Crippen LogP contribution in [0.1, 0.15) is 31.7 Å². The van der Waals surface area contributed by atoms with Gasteiger partial charge in [-0.1, -0.05) is 11.6 Å². The molecule has 3 heterocycles. The zero-order valence-electron chi connectivity index (χ0n) is 18.7. The van der Waals surface area contributed by atoms with Crippen LogP contribution in [0.25, 0.3) is 5.57 Å². The molecule has 1 atom stereocenters. The number of ether oxygens (including phenoxy) is 1. The fourth-order valence-electron chi connectivity index (χ4n) is 5.42. The lowest BCUT2D eigenvalue weighted by Gasteiger charge is -2.48. The molecule has 1 spiro atoms. The molecular weight excluding hydrogens is 428 g/mol. The smallest absolute Gasteiger partial charge is 0.409 e. The van der Waals surface area contributed by atoms with Crippen LogP contribution in [0.5, 0.6) is 0 Å². The van der Waals surface area contributed by atoms with E-state index in [0.717, 1.165) is 62.6 Å². The third-order valence-electron chi connectivity index (χ3n) is 6.98. The largest absolute Gasteiger partial charge is 0.450 e. The molecule has 1 aromatic heterocycles. The first-order chi connectivity index (χ1) is 15.5. The van der Waals surface area contributed by atoms with Crippen LogP contribution in [0.4, 0.5) is 10.6 Å². The quantitative estimate of drug-likeness (QED) is 0.651. The van der Waals surface area contributed by atoms with E-state index in [0.29, 0.717) is 17.7 Å². The van der Waals surface area contributed by atoms with E-state index < -0.39 is 0 Å². The van der Waals surface area contributed by atoms with Gasteiger partial charge in [0.25, 0.3) is 0 Å². The van der Waals surface area contributed by atoms with Crippen molar-refractivity contribution in [3.63, 3.8) is 0 Å². The maximum atomic E-state index is 11.9. The zero-order valence-corrected chi connectivity index (χ0v) is 19.4. The predicted octanol–water partition coefficient (Wildman–Crippen LogP) is 2.64. The molecule has 4 N–H and O–H groups in total. The molecule has 3 aliphatic rings. The number of anilines is 1. The standard InChI is InChI=1S/C23H33ClN6O2/c1-2-32-22(31)30-15-23(16-30)5-3-19(12-23)28-7-9-29(10-8-28)21-20(11-18(24)14-27-21)17(13-26)4-6-25/h4,6,11,13-14,19H,2-3,5,7-10,12,15-16,25-26H2,1H3/b6-4-,17-13+. The Morgan fingerprint density at radius 3 is 2.72 bits per heavy atom. The fourth-order valence-corrected chi connectivity index (χ4v) is 5.57. The molecular formula is C23H33ClN6O2. The number of pyridine rings is 1. The molecule has 1 amide bonds. The number of aromatic nitrogens is 1. The third kappa shape index (κ3) is 4.52. The molecule has 3 fully saturated rings. The summed E-state index contributed by atoms with van der Waals surface area (Å²) in [6, 6.07) is 2.47. The van der Waals surface area contributed by atoms with E-state index in [1.807, 2.05) is 17.9 Å². The molecule has 174 valence electrons. The van der Waals surface area contributed by atoms with E-state index in [4.69, 9.17) is 27.8 Å². The normalized spacial score (nSPS) is 23.7. The molecule has 2 aliphatic heterocycles. The maximum Gasteiger partial charge on any atom is 0.409 e. The van der Waals surface area contributed by atoms with Crippen LogP contribution < -0.4 is 16.4 Å². The van der Waals surface area contributed by atoms with Crippen molar-refractivity contribution in [2.24, 2.45) is 16.9 Å². The van der Waals surface area contributed by atoms with Crippen LogP contribution in [0, 0.1) is 5.41 Å². The Bertz CT molecular complexity index is 890. The number of rotatable bonds is 5. The van der Waals surface area contributed by atoms with Gasteiger partial charge in [0, 0.05) is 74.3 Å². The first-order valence-electron chi connectivity index (χ1n) is 11.4. The number of carbonyl (C=O) groups is 1. The number of nitrogens with two attached hydrogens (primary N) is 2. The number of likely N-dealkylation sites (tertiary alicyclic amines) is 1. The number of piperazine rings is 1. The number of hydrogen-bond acceptors (Lipinski definition) is 7. The van der Waals surface area contributed by atoms with Crippen molar-refractivity contribution in [3.05, 3.63) is 41.3 Å². The summed E-state index contributed by atoms with van der Waals surface area (Å²) in [7, 11) is 0. The third-order valence-corrected chi connectivity index (χ3v) is 7.19. The van der Waals surface area contributed by atoms with Gasteiger partial charge in [-0.05, 0) is 44.5 Å². The van der Waals surface area contributed by atoms with Crippen LogP contribution >= 0.6 is 11.6 Å². The second-order valence-corrected chi connectivity index (χ2v) is 9.42. The van der Waals surface area contributed by atoms with E-state index in [1.54, 1.807) is 12.3 Å². The molecule has 1 saturated carbocycles. The highest BCUT2D eigenvalue weighted by Gasteiger charge is 2.51. The van der Waals surface area contributed by atoms with Gasteiger partial charge >= 0.3 is 6.09 Å². The Hall–Kier alpha value is -2.45. The average Bonchev–Trinajstić information content (AvgIpc) is 3.23. The number of amides is 1. The van der Waals surface area contributed by atoms with E-state index in [2.05, 4.69) is 14.8 Å². The Morgan fingerprint density at radius 1 is 1.31 bits per heavy atom. The van der Waals surface area contributed by atoms with Gasteiger partial charge in [0.05, 0.1) is 11.6 Å². The van der Waals surface area contributed by atoms with Crippen molar-refractivity contribution in [1.29, 1.82) is 0 Å². The van der Waals surface area contributed by atoms with Crippen molar-refractivity contribution >= 4 is 29.1 Å². The van der Waals surface area contributed by atoms with Crippen molar-refractivity contribution in [2.75, 3.05) is 50.8 Å². The highest BCUT2D eigenvalue weighted by atomic mass is 35.5. The van der Waals surface area contributed by atoms with Crippen LogP contribution in [-0.2, 0) is 4.74 Å². The van der Waals surface area contributed by atoms with Crippen molar-refractivity contribution in [2.45, 2.75) is 32.2 Å². The van der Waals surface area contributed by atoms with E-state index in [1.165, 1.54) is 25.2 Å². The van der Waals surface area contributed by atoms with Crippen LogP contribution in [0.3, 0.4) is 0 Å². The summed E-state index contributed by atoms with van der Waals surface area (Å²) < 4.78 is 5.14. The van der Waals surface area contributed by atoms with Gasteiger partial charge in [-0.2, -0.15) is 0 Å². The predicted molar refractivity (Wildman–Crippen MR) is 127 cm³/mol. The monoisotopic (exact) mass is 460 g/mol. The first-order valence-corrected chi connectivity index (χ1v) is 11.7. The summed E-state index contributed by atoms with van der Waals surface area (Å²) in [6.07, 6.45) is 9.83. The highest BCUT2D eigenvalue weighted by molar-refractivity contribution is 6.30. The number of hydrogen-bond donors (Lipinski definition) is 2. The van der Waals surface area contributed by atoms with Crippen LogP contribution in [-0.4, -0.2) is 72.8 Å². The van der Waals surface area contributed by atoms with Gasteiger partial charge < -0.3 is 26.0 Å². The lowest BCUT2D eigenvalue weighted by Crippen LogP contribution is -2.58. The summed E-state index contributed by atoms with van der Waals surface area (Å²) in [6.45, 7) is 7.72. The Balaban J connectivity index is 1.35. The summed E-state index contributed by atoms with van der Waals surface area (Å²) in [4.78, 5) is 23.3. The molecule has 1 aromatic rings. The van der Waals surface area contributed by atoms with Crippen molar-refractivity contribution in [1.82, 2.24) is 14.8 Å². The van der Waals surface area contributed by atoms with Crippen molar-refractivity contribution in [3.8, 4) is 0 Å². The zero-order chi connectivity index (χ0) is 22.7. The molecule has 2 saturated heterocycles. The number of nitrogens with zero attached hydrogens (tertiary/aromatic N) is 4. The van der Waals surface area contributed by atoms with Gasteiger partial charge in [0.2, 0.25) is 0 Å². The molecule has 0 bridgehead atoms. The molecule has 4 rings (SSSR count). The first kappa shape index (κ1) is 22.7. The number of carbonyl (C=O) groups excluding carboxylic acids is 1. The lowest BCUT2D eigenvalue weighted by atomic mass is 9.78. The molecule has 0 aromatic carbocycles. The fraction of sp³-hybridized carbons (Fsp3) is 0.565. The van der Waals surface area contributed by atoms with E-state index >= 15 is 0 Å². The minimum Gasteiger partial charge on any atom is -0.450 e. The maximum absolute atomic E-state index is 11.9. The highest BCUT2D eigenvalue weighted by Crippen LogP contribution is 2.47. The topological polar surface area (TPSA) is 101 Å². The summed E-state index contributed by atoms with van der Waals surface area (Å²) in [5, 5.41) is 0.570. The second-order valence-electron chi connectivity index (χ2n) is 8.98. The molecule has 9 heteroatoms. The summed E-state index contributed by atoms with van der Waals surface area (Å²) in [5.74, 6) is 0.885. The summed E-state index contributed by atoms with van der Waals surface area (Å²) >= 11 is 6.21. The van der Waals surface area contributed by atoms with Crippen molar-refractivity contribution < 1.29 is 9.53 Å². The van der Waals surface area contributed by atoms with Gasteiger partial charge in [0.15, 0.2) is 0 Å². The van der Waals surface area contributed by atoms with Gasteiger partial charge in [-0.3, -0.25) is 4.90 Å². The summed E-state index contributed by atoms with van der Waals surface area (Å²) in [5.41, 5.74) is 13.4. The Labute approximate surface area is 194 Å². The molecule has 1 unspecified atom stereocenters. The lowest BCUT2D eigenvalue weighted by molar-refractivity contribution is -0.00294. The Kier molecular flexibility index (Phi) is 6.81. The van der Waals surface area contributed by atoms with Gasteiger partial charge in [-0.15, -0.1) is 0 Å². The van der Waals surface area contributed by atoms with E-state index in [9.17, 15) is 4.79 Å². The van der Waals surface area contributed by atoms with E-state index in [-0.39, 0.29) is 11.5 Å². The van der Waals surface area contributed by atoms with Crippen LogP contribution in [0.15, 0.2) is 30.7 Å². The minimum atomic E-state index is -0.170.